The molecule has 2 rings (SSSR count). The largest absolute Gasteiger partial charge is 0.463 e. The molecule has 0 saturated heterocycles. The van der Waals surface area contributed by atoms with E-state index in [1.54, 1.807) is 13.8 Å². The van der Waals surface area contributed by atoms with Gasteiger partial charge in [0.25, 0.3) is 0 Å². The SMILES string of the molecule is CCOC(=O)C1=C(C)NC(NC#N)=NC1c1ccc(N(C)C)cc1. The summed E-state index contributed by atoms with van der Waals surface area (Å²) in [5.41, 5.74) is 2.95. The van der Waals surface area contributed by atoms with E-state index in [9.17, 15) is 4.79 Å². The van der Waals surface area contributed by atoms with Crippen LogP contribution >= 0.6 is 0 Å². The number of esters is 1. The van der Waals surface area contributed by atoms with E-state index in [1.807, 2.05) is 49.5 Å². The van der Waals surface area contributed by atoms with Crippen molar-refractivity contribution in [2.45, 2.75) is 19.9 Å². The van der Waals surface area contributed by atoms with Gasteiger partial charge in [0.15, 0.2) is 6.19 Å². The Balaban J connectivity index is 2.44. The standard InChI is InChI=1S/C17H21N5O2/c1-5-24-16(23)14-11(2)20-17(19-10-18)21-15(14)12-6-8-13(9-7-12)22(3)4/h6-9,15H,5H2,1-4H3,(H2,19,20,21). The number of nitrogens with one attached hydrogen (secondary N) is 2. The summed E-state index contributed by atoms with van der Waals surface area (Å²) in [4.78, 5) is 18.8. The number of carbonyl (C=O) groups is 1. The summed E-state index contributed by atoms with van der Waals surface area (Å²) in [6.07, 6.45) is 1.83. The van der Waals surface area contributed by atoms with E-state index < -0.39 is 12.0 Å². The summed E-state index contributed by atoms with van der Waals surface area (Å²) < 4.78 is 5.16. The van der Waals surface area contributed by atoms with E-state index in [4.69, 9.17) is 10.00 Å². The molecule has 0 radical (unpaired) electrons. The van der Waals surface area contributed by atoms with Gasteiger partial charge in [-0.1, -0.05) is 12.1 Å². The highest BCUT2D eigenvalue weighted by Crippen LogP contribution is 2.32. The monoisotopic (exact) mass is 327 g/mol. The van der Waals surface area contributed by atoms with Crippen LogP contribution in [0, 0.1) is 11.5 Å². The third-order valence-electron chi connectivity index (χ3n) is 3.64. The van der Waals surface area contributed by atoms with Gasteiger partial charge < -0.3 is 15.0 Å². The van der Waals surface area contributed by atoms with Crippen LogP contribution in [-0.4, -0.2) is 32.6 Å². The highest BCUT2D eigenvalue weighted by Gasteiger charge is 2.30. The predicted octanol–water partition coefficient (Wildman–Crippen LogP) is 1.66. The fraction of sp³-hybridized carbons (Fsp3) is 0.353. The molecule has 1 aliphatic heterocycles. The summed E-state index contributed by atoms with van der Waals surface area (Å²) in [5.74, 6) is -0.103. The lowest BCUT2D eigenvalue weighted by Crippen LogP contribution is -2.39. The number of ether oxygens (including phenoxy) is 1. The Hall–Kier alpha value is -3.01. The number of nitrogens with zero attached hydrogens (tertiary/aromatic N) is 3. The van der Waals surface area contributed by atoms with Crippen molar-refractivity contribution < 1.29 is 9.53 Å². The van der Waals surface area contributed by atoms with Crippen molar-refractivity contribution in [1.29, 1.82) is 5.26 Å². The molecule has 1 atom stereocenters. The van der Waals surface area contributed by atoms with Crippen molar-refractivity contribution in [3.8, 4) is 6.19 Å². The van der Waals surface area contributed by atoms with Crippen LogP contribution in [0.3, 0.4) is 0 Å². The third-order valence-corrected chi connectivity index (χ3v) is 3.64. The lowest BCUT2D eigenvalue weighted by Gasteiger charge is -2.25. The molecule has 1 aliphatic rings. The maximum Gasteiger partial charge on any atom is 0.338 e. The number of allylic oxidation sites excluding steroid dienone is 1. The smallest absolute Gasteiger partial charge is 0.338 e. The summed E-state index contributed by atoms with van der Waals surface area (Å²) in [6, 6.07) is 7.24. The molecule has 2 N–H and O–H groups in total. The van der Waals surface area contributed by atoms with Crippen LogP contribution in [0.1, 0.15) is 25.5 Å². The Labute approximate surface area is 141 Å². The number of anilines is 1. The number of rotatable bonds is 4. The molecular formula is C17H21N5O2. The molecule has 0 aromatic heterocycles. The van der Waals surface area contributed by atoms with Gasteiger partial charge in [-0.2, -0.15) is 5.26 Å². The third kappa shape index (κ3) is 3.66. The molecule has 0 saturated carbocycles. The molecule has 0 fully saturated rings. The second-order valence-corrected chi connectivity index (χ2v) is 5.49. The van der Waals surface area contributed by atoms with Gasteiger partial charge in [0.2, 0.25) is 5.96 Å². The first kappa shape index (κ1) is 17.3. The number of hydrogen-bond acceptors (Lipinski definition) is 7. The highest BCUT2D eigenvalue weighted by atomic mass is 16.5. The molecule has 7 nitrogen and oxygen atoms in total. The first-order valence-corrected chi connectivity index (χ1v) is 7.63. The summed E-state index contributed by atoms with van der Waals surface area (Å²) >= 11 is 0. The summed E-state index contributed by atoms with van der Waals surface area (Å²) in [5, 5.41) is 14.2. The zero-order valence-corrected chi connectivity index (χ0v) is 14.3. The number of hydrogen-bond donors (Lipinski definition) is 2. The molecule has 7 heteroatoms. The van der Waals surface area contributed by atoms with Gasteiger partial charge in [-0.05, 0) is 31.5 Å². The molecule has 0 bridgehead atoms. The maximum absolute atomic E-state index is 12.3. The Morgan fingerprint density at radius 2 is 2.08 bits per heavy atom. The van der Waals surface area contributed by atoms with Crippen LogP contribution in [-0.2, 0) is 9.53 Å². The minimum Gasteiger partial charge on any atom is -0.463 e. The molecule has 1 unspecified atom stereocenters. The van der Waals surface area contributed by atoms with Gasteiger partial charge in [0.05, 0.1) is 12.2 Å². The molecule has 1 heterocycles. The zero-order valence-electron chi connectivity index (χ0n) is 14.3. The van der Waals surface area contributed by atoms with Crippen LogP contribution < -0.4 is 15.5 Å². The van der Waals surface area contributed by atoms with Crippen LogP contribution in [0.5, 0.6) is 0 Å². The first-order chi connectivity index (χ1) is 11.5. The van der Waals surface area contributed by atoms with Crippen molar-refractivity contribution in [1.82, 2.24) is 10.6 Å². The van der Waals surface area contributed by atoms with Gasteiger partial charge >= 0.3 is 5.97 Å². The minimum atomic E-state index is -0.530. The Bertz CT molecular complexity index is 713. The van der Waals surface area contributed by atoms with Crippen LogP contribution in [0.4, 0.5) is 5.69 Å². The average Bonchev–Trinajstić information content (AvgIpc) is 2.54. The second kappa shape index (κ2) is 7.51. The first-order valence-electron chi connectivity index (χ1n) is 7.63. The van der Waals surface area contributed by atoms with Crippen LogP contribution in [0.25, 0.3) is 0 Å². The van der Waals surface area contributed by atoms with Crippen molar-refractivity contribution >= 4 is 17.6 Å². The van der Waals surface area contributed by atoms with E-state index in [0.29, 0.717) is 17.2 Å². The van der Waals surface area contributed by atoms with Crippen molar-refractivity contribution in [3.05, 3.63) is 41.1 Å². The molecule has 126 valence electrons. The Kier molecular flexibility index (Phi) is 5.42. The number of aliphatic imine (C=N–C) groups is 1. The molecule has 0 aliphatic carbocycles. The van der Waals surface area contributed by atoms with E-state index >= 15 is 0 Å². The molecule has 24 heavy (non-hydrogen) atoms. The lowest BCUT2D eigenvalue weighted by molar-refractivity contribution is -0.138. The topological polar surface area (TPSA) is 89.8 Å². The van der Waals surface area contributed by atoms with Gasteiger partial charge in [0.1, 0.15) is 6.04 Å². The van der Waals surface area contributed by atoms with E-state index in [-0.39, 0.29) is 6.61 Å². The average molecular weight is 327 g/mol. The zero-order chi connectivity index (χ0) is 17.7. The fourth-order valence-electron chi connectivity index (χ4n) is 2.46. The molecular weight excluding hydrogens is 306 g/mol. The van der Waals surface area contributed by atoms with Crippen molar-refractivity contribution in [2.75, 3.05) is 25.6 Å². The summed E-state index contributed by atoms with van der Waals surface area (Å²) in [6.45, 7) is 3.81. The van der Waals surface area contributed by atoms with Crippen LogP contribution in [0.2, 0.25) is 0 Å². The van der Waals surface area contributed by atoms with Crippen LogP contribution in [0.15, 0.2) is 40.5 Å². The lowest BCUT2D eigenvalue weighted by atomic mass is 9.96. The molecule has 0 spiro atoms. The number of guanidine groups is 1. The number of benzene rings is 1. The van der Waals surface area contributed by atoms with E-state index in [1.165, 1.54) is 0 Å². The van der Waals surface area contributed by atoms with Gasteiger partial charge in [0, 0.05) is 25.5 Å². The predicted molar refractivity (Wildman–Crippen MR) is 92.2 cm³/mol. The Morgan fingerprint density at radius 1 is 1.42 bits per heavy atom. The fourth-order valence-corrected chi connectivity index (χ4v) is 2.46. The normalized spacial score (nSPS) is 16.6. The second-order valence-electron chi connectivity index (χ2n) is 5.49. The number of nitriles is 1. The Morgan fingerprint density at radius 3 is 2.62 bits per heavy atom. The van der Waals surface area contributed by atoms with Gasteiger partial charge in [-0.25, -0.2) is 9.79 Å². The van der Waals surface area contributed by atoms with Crippen molar-refractivity contribution in [3.63, 3.8) is 0 Å². The van der Waals surface area contributed by atoms with Gasteiger partial charge in [-0.15, -0.1) is 0 Å². The maximum atomic E-state index is 12.3. The molecule has 0 amide bonds. The van der Waals surface area contributed by atoms with Gasteiger partial charge in [-0.3, -0.25) is 5.32 Å². The number of carbonyl (C=O) groups excluding carboxylic acids is 1. The quantitative estimate of drug-likeness (QED) is 0.497. The molecule has 1 aromatic rings. The van der Waals surface area contributed by atoms with E-state index in [0.717, 1.165) is 11.3 Å². The highest BCUT2D eigenvalue weighted by molar-refractivity contribution is 5.95. The van der Waals surface area contributed by atoms with E-state index in [2.05, 4.69) is 15.6 Å². The summed E-state index contributed by atoms with van der Waals surface area (Å²) in [7, 11) is 3.92. The van der Waals surface area contributed by atoms with Crippen molar-refractivity contribution in [2.24, 2.45) is 4.99 Å². The molecule has 1 aromatic carbocycles. The minimum absolute atomic E-state index is 0.287.